The Morgan fingerprint density at radius 1 is 0.436 bits per heavy atom. The molecule has 0 heterocycles. The van der Waals surface area contributed by atoms with Crippen molar-refractivity contribution in [3.63, 3.8) is 0 Å². The highest BCUT2D eigenvalue weighted by Crippen LogP contribution is 2.38. The predicted molar refractivity (Wildman–Crippen MR) is 339 cm³/mol. The number of carbonyl (C=O) groups is 1. The molecule has 78 heavy (non-hydrogen) atoms. The Hall–Kier alpha value is -1.54. The van der Waals surface area contributed by atoms with E-state index in [1.807, 2.05) is 27.2 Å². The first-order valence-electron chi connectivity index (χ1n) is 34.0. The van der Waals surface area contributed by atoms with Gasteiger partial charge < -0.3 is 28.8 Å². The largest absolute Gasteiger partial charge is 0.756 e. The minimum absolute atomic E-state index is 0.00877. The van der Waals surface area contributed by atoms with Crippen LogP contribution < -0.4 is 10.2 Å². The van der Waals surface area contributed by atoms with Crippen LogP contribution in [0.4, 0.5) is 0 Å². The molecule has 3 atom stereocenters. The first-order valence-corrected chi connectivity index (χ1v) is 35.5. The Balaban J connectivity index is 4.15. The normalized spacial score (nSPS) is 14.0. The summed E-state index contributed by atoms with van der Waals surface area (Å²) in [4.78, 5) is 25.6. The van der Waals surface area contributed by atoms with E-state index < -0.39 is 26.6 Å². The first kappa shape index (κ1) is 76.5. The third-order valence-electron chi connectivity index (χ3n) is 15.5. The maximum atomic E-state index is 13.0. The number of allylic oxidation sites excluding steroid dienone is 7. The van der Waals surface area contributed by atoms with E-state index in [2.05, 4.69) is 55.6 Å². The van der Waals surface area contributed by atoms with E-state index in [4.69, 9.17) is 9.05 Å². The third-order valence-corrected chi connectivity index (χ3v) is 16.5. The molecule has 0 aliphatic rings. The number of quaternary nitrogens is 1. The maximum Gasteiger partial charge on any atom is 0.268 e. The van der Waals surface area contributed by atoms with Gasteiger partial charge in [-0.2, -0.15) is 0 Å². The standard InChI is InChI=1S/C69H133N2O6P/c1-6-8-10-12-14-16-18-20-22-24-26-28-30-32-33-34-35-36-37-39-40-42-44-46-48-50-52-54-56-58-60-62-68(72)67(66-77-78(74,75)76-65-64-71(3,4)5)70-69(73)63-61-59-57-55-53-51-49-47-45-43-41-38-31-29-27-25-23-21-19-17-15-13-11-9-7-2/h25,27,44,46,52,54,60,62,67-68,72H,6-24,26,28-43,45,47-51,53,55-59,61,63-66H2,1-5H3,(H-,70,73,74,75)/b27-25-,46-44+,54-52+,62-60+. The quantitative estimate of drug-likeness (QED) is 0.0272. The van der Waals surface area contributed by atoms with Crippen LogP contribution in [0.25, 0.3) is 0 Å². The molecule has 0 aliphatic carbocycles. The molecule has 0 aromatic carbocycles. The zero-order valence-electron chi connectivity index (χ0n) is 52.6. The highest BCUT2D eigenvalue weighted by molar-refractivity contribution is 7.45. The van der Waals surface area contributed by atoms with Gasteiger partial charge in [-0.05, 0) is 70.6 Å². The van der Waals surface area contributed by atoms with E-state index in [-0.39, 0.29) is 12.5 Å². The predicted octanol–water partition coefficient (Wildman–Crippen LogP) is 20.8. The van der Waals surface area contributed by atoms with Crippen LogP contribution in [0, 0.1) is 0 Å². The molecule has 0 rings (SSSR count). The van der Waals surface area contributed by atoms with Gasteiger partial charge in [-0.25, -0.2) is 0 Å². The highest BCUT2D eigenvalue weighted by atomic mass is 31.2. The lowest BCUT2D eigenvalue weighted by Gasteiger charge is -2.29. The second-order valence-corrected chi connectivity index (χ2v) is 25.9. The van der Waals surface area contributed by atoms with Crippen molar-refractivity contribution < 1.29 is 32.9 Å². The molecule has 3 unspecified atom stereocenters. The number of phosphoric acid groups is 1. The lowest BCUT2D eigenvalue weighted by Crippen LogP contribution is -2.45. The van der Waals surface area contributed by atoms with E-state index in [0.29, 0.717) is 17.4 Å². The molecule has 0 aromatic rings. The van der Waals surface area contributed by atoms with Crippen molar-refractivity contribution in [3.8, 4) is 0 Å². The maximum absolute atomic E-state index is 13.0. The number of carbonyl (C=O) groups excluding carboxylic acids is 1. The summed E-state index contributed by atoms with van der Waals surface area (Å²) >= 11 is 0. The molecule has 0 saturated heterocycles. The Morgan fingerprint density at radius 2 is 0.718 bits per heavy atom. The van der Waals surface area contributed by atoms with Crippen LogP contribution in [0.15, 0.2) is 48.6 Å². The molecule has 1 amide bonds. The molecule has 8 nitrogen and oxygen atoms in total. The molecule has 2 N–H and O–H groups in total. The molecule has 0 aromatic heterocycles. The van der Waals surface area contributed by atoms with Gasteiger partial charge in [-0.3, -0.25) is 9.36 Å². The highest BCUT2D eigenvalue weighted by Gasteiger charge is 2.23. The monoisotopic (exact) mass is 1120 g/mol. The van der Waals surface area contributed by atoms with Crippen molar-refractivity contribution in [1.29, 1.82) is 0 Å². The van der Waals surface area contributed by atoms with E-state index in [1.165, 1.54) is 270 Å². The van der Waals surface area contributed by atoms with Crippen molar-refractivity contribution in [2.24, 2.45) is 0 Å². The number of phosphoric ester groups is 1. The number of nitrogens with one attached hydrogen (secondary N) is 1. The minimum atomic E-state index is -4.61. The van der Waals surface area contributed by atoms with Gasteiger partial charge in [-0.1, -0.05) is 306 Å². The van der Waals surface area contributed by atoms with Crippen LogP contribution in [-0.4, -0.2) is 68.5 Å². The fourth-order valence-corrected chi connectivity index (χ4v) is 10.9. The van der Waals surface area contributed by atoms with Gasteiger partial charge in [-0.15, -0.1) is 0 Å². The van der Waals surface area contributed by atoms with Crippen LogP contribution in [0.1, 0.15) is 335 Å². The summed E-state index contributed by atoms with van der Waals surface area (Å²) in [7, 11) is 1.24. The van der Waals surface area contributed by atoms with Crippen LogP contribution >= 0.6 is 7.82 Å². The Kier molecular flexibility index (Phi) is 58.9. The van der Waals surface area contributed by atoms with Crippen molar-refractivity contribution in [2.45, 2.75) is 347 Å². The minimum Gasteiger partial charge on any atom is -0.756 e. The van der Waals surface area contributed by atoms with Gasteiger partial charge >= 0.3 is 0 Å². The second-order valence-electron chi connectivity index (χ2n) is 24.5. The Labute approximate surface area is 486 Å². The van der Waals surface area contributed by atoms with Gasteiger partial charge in [0.15, 0.2) is 0 Å². The molecular formula is C69H133N2O6P. The second kappa shape index (κ2) is 60.1. The van der Waals surface area contributed by atoms with Gasteiger partial charge in [0.05, 0.1) is 39.9 Å². The number of amides is 1. The number of nitrogens with zero attached hydrogens (tertiary/aromatic N) is 1. The zero-order chi connectivity index (χ0) is 57.0. The number of hydrogen-bond acceptors (Lipinski definition) is 6. The molecule has 0 spiro atoms. The van der Waals surface area contributed by atoms with Gasteiger partial charge in [0.25, 0.3) is 7.82 Å². The zero-order valence-corrected chi connectivity index (χ0v) is 53.5. The van der Waals surface area contributed by atoms with Crippen molar-refractivity contribution in [1.82, 2.24) is 5.32 Å². The van der Waals surface area contributed by atoms with E-state index in [1.54, 1.807) is 6.08 Å². The molecule has 0 fully saturated rings. The summed E-state index contributed by atoms with van der Waals surface area (Å²) in [6, 6.07) is -0.912. The average molecular weight is 1120 g/mol. The van der Waals surface area contributed by atoms with Gasteiger partial charge in [0.1, 0.15) is 13.2 Å². The first-order chi connectivity index (χ1) is 38.0. The molecule has 460 valence electrons. The summed E-state index contributed by atoms with van der Waals surface area (Å²) in [6.07, 6.45) is 80.9. The lowest BCUT2D eigenvalue weighted by atomic mass is 10.0. The summed E-state index contributed by atoms with van der Waals surface area (Å²) < 4.78 is 23.4. The SMILES string of the molecule is CCCCCCCCCC/C=C\CCCCCCCCCCCCCCCC(=O)NC(COP(=O)([O-])OCC[N+](C)(C)C)C(O)/C=C/CC/C=C/CC/C=C/CCCCCCCCCCCCCCCCCCCCCCC. The number of hydrogen-bond donors (Lipinski definition) is 2. The molecule has 0 bridgehead atoms. The van der Waals surface area contributed by atoms with E-state index in [0.717, 1.165) is 44.9 Å². The van der Waals surface area contributed by atoms with Gasteiger partial charge in [0.2, 0.25) is 5.91 Å². The Bertz CT molecular complexity index is 1410. The fraction of sp³-hybridized carbons (Fsp3) is 0.870. The van der Waals surface area contributed by atoms with Crippen LogP contribution in [0.2, 0.25) is 0 Å². The summed E-state index contributed by atoms with van der Waals surface area (Å²) in [5, 5.41) is 13.9. The average Bonchev–Trinajstić information content (AvgIpc) is 3.41. The summed E-state index contributed by atoms with van der Waals surface area (Å²) in [5.41, 5.74) is 0. The molecule has 0 radical (unpaired) electrons. The smallest absolute Gasteiger partial charge is 0.268 e. The molecule has 0 aliphatic heterocycles. The fourth-order valence-electron chi connectivity index (χ4n) is 10.2. The third kappa shape index (κ3) is 62.1. The van der Waals surface area contributed by atoms with Crippen LogP contribution in [0.3, 0.4) is 0 Å². The lowest BCUT2D eigenvalue weighted by molar-refractivity contribution is -0.870. The number of likely N-dealkylation sites (N-methyl/N-ethyl adjacent to an activating group) is 1. The summed E-state index contributed by atoms with van der Waals surface area (Å²) in [6.45, 7) is 4.67. The number of rotatable bonds is 63. The van der Waals surface area contributed by atoms with Crippen LogP contribution in [0.5, 0.6) is 0 Å². The number of aliphatic hydroxyl groups is 1. The van der Waals surface area contributed by atoms with E-state index >= 15 is 0 Å². The Morgan fingerprint density at radius 3 is 1.04 bits per heavy atom. The van der Waals surface area contributed by atoms with Crippen LogP contribution in [-0.2, 0) is 18.4 Å². The van der Waals surface area contributed by atoms with Crippen molar-refractivity contribution >= 4 is 13.7 Å². The molecular weight excluding hydrogens is 984 g/mol. The number of aliphatic hydroxyl groups excluding tert-OH is 1. The topological polar surface area (TPSA) is 108 Å². The molecule has 9 heteroatoms. The summed E-state index contributed by atoms with van der Waals surface area (Å²) in [5.74, 6) is -0.207. The number of unbranched alkanes of at least 4 members (excludes halogenated alkanes) is 44. The molecule has 0 saturated carbocycles. The van der Waals surface area contributed by atoms with E-state index in [9.17, 15) is 19.4 Å². The van der Waals surface area contributed by atoms with Crippen molar-refractivity contribution in [2.75, 3.05) is 40.9 Å². The van der Waals surface area contributed by atoms with Gasteiger partial charge in [0, 0.05) is 6.42 Å². The van der Waals surface area contributed by atoms with Crippen molar-refractivity contribution in [3.05, 3.63) is 48.6 Å².